The predicted molar refractivity (Wildman–Crippen MR) is 68.9 cm³/mol. The molecule has 1 aliphatic heterocycles. The van der Waals surface area contributed by atoms with Crippen molar-refractivity contribution in [3.63, 3.8) is 0 Å². The fraction of sp³-hybridized carbons (Fsp3) is 0.846. The van der Waals surface area contributed by atoms with Gasteiger partial charge in [-0.2, -0.15) is 0 Å². The Morgan fingerprint density at radius 3 is 2.61 bits per heavy atom. The summed E-state index contributed by atoms with van der Waals surface area (Å²) < 4.78 is 0. The molecule has 0 aromatic carbocycles. The molecule has 1 saturated heterocycles. The molecule has 5 heteroatoms. The minimum absolute atomic E-state index is 0.00390. The van der Waals surface area contributed by atoms with E-state index in [4.69, 9.17) is 5.11 Å². The highest BCUT2D eigenvalue weighted by Crippen LogP contribution is 2.19. The zero-order valence-corrected chi connectivity index (χ0v) is 11.4. The number of hydrogen-bond donors (Lipinski definition) is 1. The van der Waals surface area contributed by atoms with Crippen LogP contribution in [0.4, 0.5) is 0 Å². The van der Waals surface area contributed by atoms with Crippen molar-refractivity contribution in [2.75, 3.05) is 32.8 Å². The highest BCUT2D eigenvalue weighted by Gasteiger charge is 2.32. The second-order valence-corrected chi connectivity index (χ2v) is 4.73. The van der Waals surface area contributed by atoms with Crippen LogP contribution in [-0.4, -0.2) is 59.5 Å². The van der Waals surface area contributed by atoms with E-state index in [-0.39, 0.29) is 24.3 Å². The average molecular weight is 256 g/mol. The van der Waals surface area contributed by atoms with E-state index in [1.165, 1.54) is 0 Å². The van der Waals surface area contributed by atoms with Crippen LogP contribution in [0.2, 0.25) is 0 Å². The Morgan fingerprint density at radius 1 is 1.33 bits per heavy atom. The van der Waals surface area contributed by atoms with E-state index < -0.39 is 0 Å². The van der Waals surface area contributed by atoms with Crippen LogP contribution < -0.4 is 0 Å². The lowest BCUT2D eigenvalue weighted by atomic mass is 10.1. The summed E-state index contributed by atoms with van der Waals surface area (Å²) >= 11 is 0. The molecule has 1 heterocycles. The molecule has 1 fully saturated rings. The summed E-state index contributed by atoms with van der Waals surface area (Å²) in [6.07, 6.45) is 2.13. The number of hydrogen-bond acceptors (Lipinski definition) is 3. The summed E-state index contributed by atoms with van der Waals surface area (Å²) in [5.74, 6) is 0.116. The fourth-order valence-electron chi connectivity index (χ4n) is 2.39. The molecule has 0 aromatic rings. The minimum Gasteiger partial charge on any atom is -0.395 e. The summed E-state index contributed by atoms with van der Waals surface area (Å²) in [5.41, 5.74) is 0. The largest absolute Gasteiger partial charge is 0.395 e. The van der Waals surface area contributed by atoms with Gasteiger partial charge < -0.3 is 14.9 Å². The van der Waals surface area contributed by atoms with Gasteiger partial charge in [0, 0.05) is 32.6 Å². The molecular formula is C13H24N2O3. The molecule has 1 rings (SSSR count). The Morgan fingerprint density at radius 2 is 2.06 bits per heavy atom. The van der Waals surface area contributed by atoms with E-state index in [9.17, 15) is 9.59 Å². The quantitative estimate of drug-likeness (QED) is 0.752. The van der Waals surface area contributed by atoms with Gasteiger partial charge >= 0.3 is 0 Å². The third-order valence-electron chi connectivity index (χ3n) is 3.37. The van der Waals surface area contributed by atoms with E-state index >= 15 is 0 Å². The maximum atomic E-state index is 12.3. The molecule has 0 bridgehead atoms. The Bertz CT molecular complexity index is 288. The van der Waals surface area contributed by atoms with Crippen LogP contribution in [0.15, 0.2) is 0 Å². The van der Waals surface area contributed by atoms with Gasteiger partial charge in [-0.15, -0.1) is 0 Å². The molecule has 1 unspecified atom stereocenters. The van der Waals surface area contributed by atoms with E-state index in [0.717, 1.165) is 12.8 Å². The summed E-state index contributed by atoms with van der Waals surface area (Å²) in [7, 11) is 0. The number of aliphatic hydroxyl groups excluding tert-OH is 1. The maximum absolute atomic E-state index is 12.3. The first-order chi connectivity index (χ1) is 8.63. The van der Waals surface area contributed by atoms with Crippen LogP contribution >= 0.6 is 0 Å². The van der Waals surface area contributed by atoms with Crippen molar-refractivity contribution in [1.29, 1.82) is 0 Å². The SMILES string of the molecule is CCCN(CCO)C(=O)C1CCN(C(=O)CC)C1. The molecule has 0 aliphatic carbocycles. The second kappa shape index (κ2) is 7.36. The number of nitrogens with zero attached hydrogens (tertiary/aromatic N) is 2. The van der Waals surface area contributed by atoms with Crippen LogP contribution in [-0.2, 0) is 9.59 Å². The molecule has 5 nitrogen and oxygen atoms in total. The van der Waals surface area contributed by atoms with Crippen LogP contribution in [0.5, 0.6) is 0 Å². The number of carbonyl (C=O) groups excluding carboxylic acids is 2. The first-order valence-electron chi connectivity index (χ1n) is 6.81. The minimum atomic E-state index is -0.0846. The van der Waals surface area contributed by atoms with Gasteiger partial charge in [0.25, 0.3) is 0 Å². The maximum Gasteiger partial charge on any atom is 0.227 e. The van der Waals surface area contributed by atoms with Crippen LogP contribution in [0.1, 0.15) is 33.1 Å². The molecule has 0 spiro atoms. The van der Waals surface area contributed by atoms with Gasteiger partial charge in [0.05, 0.1) is 12.5 Å². The Balaban J connectivity index is 2.54. The zero-order chi connectivity index (χ0) is 13.5. The average Bonchev–Trinajstić information content (AvgIpc) is 2.86. The summed E-state index contributed by atoms with van der Waals surface area (Å²) in [4.78, 5) is 27.3. The summed E-state index contributed by atoms with van der Waals surface area (Å²) in [6.45, 7) is 6.14. The van der Waals surface area contributed by atoms with Gasteiger partial charge in [-0.25, -0.2) is 0 Å². The standard InChI is InChI=1S/C13H24N2O3/c1-3-6-14(8-9-16)13(18)11-5-7-15(10-11)12(17)4-2/h11,16H,3-10H2,1-2H3. The normalized spacial score (nSPS) is 19.1. The van der Waals surface area contributed by atoms with Crippen LogP contribution in [0.3, 0.4) is 0 Å². The number of carbonyl (C=O) groups is 2. The van der Waals surface area contributed by atoms with Gasteiger partial charge in [0.2, 0.25) is 11.8 Å². The van der Waals surface area contributed by atoms with Crippen LogP contribution in [0.25, 0.3) is 0 Å². The first kappa shape index (κ1) is 15.0. The Kier molecular flexibility index (Phi) is 6.12. The number of rotatable bonds is 6. The third-order valence-corrected chi connectivity index (χ3v) is 3.37. The van der Waals surface area contributed by atoms with Gasteiger partial charge in [0.15, 0.2) is 0 Å². The molecule has 0 saturated carbocycles. The summed E-state index contributed by atoms with van der Waals surface area (Å²) in [5, 5.41) is 8.97. The monoisotopic (exact) mass is 256 g/mol. The first-order valence-corrected chi connectivity index (χ1v) is 6.81. The van der Waals surface area contributed by atoms with Gasteiger partial charge in [0.1, 0.15) is 0 Å². The lowest BCUT2D eigenvalue weighted by molar-refractivity contribution is -0.136. The Hall–Kier alpha value is -1.10. The summed E-state index contributed by atoms with van der Waals surface area (Å²) in [6, 6.07) is 0. The topological polar surface area (TPSA) is 60.9 Å². The molecule has 104 valence electrons. The lowest BCUT2D eigenvalue weighted by Gasteiger charge is -2.24. The molecule has 1 atom stereocenters. The Labute approximate surface area is 109 Å². The van der Waals surface area contributed by atoms with Crippen molar-refractivity contribution in [2.45, 2.75) is 33.1 Å². The van der Waals surface area contributed by atoms with Crippen molar-refractivity contribution in [1.82, 2.24) is 9.80 Å². The van der Waals surface area contributed by atoms with Gasteiger partial charge in [-0.05, 0) is 12.8 Å². The zero-order valence-electron chi connectivity index (χ0n) is 11.4. The van der Waals surface area contributed by atoms with E-state index in [1.54, 1.807) is 9.80 Å². The van der Waals surface area contributed by atoms with Gasteiger partial charge in [-0.1, -0.05) is 13.8 Å². The molecule has 0 aromatic heterocycles. The van der Waals surface area contributed by atoms with E-state index in [2.05, 4.69) is 0 Å². The third kappa shape index (κ3) is 3.70. The van der Waals surface area contributed by atoms with E-state index in [0.29, 0.717) is 32.6 Å². The number of aliphatic hydroxyl groups is 1. The molecule has 2 amide bonds. The second-order valence-electron chi connectivity index (χ2n) is 4.73. The highest BCUT2D eigenvalue weighted by molar-refractivity contribution is 5.82. The van der Waals surface area contributed by atoms with Crippen molar-refractivity contribution in [2.24, 2.45) is 5.92 Å². The van der Waals surface area contributed by atoms with Crippen LogP contribution in [0, 0.1) is 5.92 Å². The van der Waals surface area contributed by atoms with E-state index in [1.807, 2.05) is 13.8 Å². The van der Waals surface area contributed by atoms with Crippen molar-refractivity contribution in [3.05, 3.63) is 0 Å². The van der Waals surface area contributed by atoms with Crippen molar-refractivity contribution in [3.8, 4) is 0 Å². The fourth-order valence-corrected chi connectivity index (χ4v) is 2.39. The van der Waals surface area contributed by atoms with Crippen molar-refractivity contribution >= 4 is 11.8 Å². The smallest absolute Gasteiger partial charge is 0.227 e. The van der Waals surface area contributed by atoms with Crippen molar-refractivity contribution < 1.29 is 14.7 Å². The molecule has 1 aliphatic rings. The molecule has 0 radical (unpaired) electrons. The lowest BCUT2D eigenvalue weighted by Crippen LogP contribution is -2.40. The molecular weight excluding hydrogens is 232 g/mol. The molecule has 18 heavy (non-hydrogen) atoms. The highest BCUT2D eigenvalue weighted by atomic mass is 16.3. The number of amides is 2. The van der Waals surface area contributed by atoms with Gasteiger partial charge in [-0.3, -0.25) is 9.59 Å². The molecule has 1 N–H and O–H groups in total. The number of likely N-dealkylation sites (tertiary alicyclic amines) is 1. The predicted octanol–water partition coefficient (Wildman–Crippen LogP) is 0.476.